The number of benzene rings is 2. The van der Waals surface area contributed by atoms with Gasteiger partial charge < -0.3 is 10.6 Å². The average Bonchev–Trinajstić information content (AvgIpc) is 2.97. The third kappa shape index (κ3) is 3.14. The summed E-state index contributed by atoms with van der Waals surface area (Å²) in [5.41, 5.74) is 1.41. The topological polar surface area (TPSA) is 24.1 Å². The monoisotopic (exact) mass is 254 g/mol. The van der Waals surface area contributed by atoms with Gasteiger partial charge in [0.15, 0.2) is 0 Å². The SMILES string of the molecule is c1ccc2c(CNCCC3CCNC3)cccc2c1. The maximum absolute atomic E-state index is 3.59. The predicted molar refractivity (Wildman–Crippen MR) is 81.2 cm³/mol. The number of rotatable bonds is 5. The average molecular weight is 254 g/mol. The van der Waals surface area contributed by atoms with Crippen LogP contribution < -0.4 is 10.6 Å². The molecule has 2 heteroatoms. The van der Waals surface area contributed by atoms with Crippen molar-refractivity contribution in [3.05, 3.63) is 48.0 Å². The molecule has 0 spiro atoms. The molecule has 19 heavy (non-hydrogen) atoms. The second-order valence-corrected chi connectivity index (χ2v) is 5.46. The maximum Gasteiger partial charge on any atom is 0.0211 e. The van der Waals surface area contributed by atoms with Crippen molar-refractivity contribution in [2.24, 2.45) is 5.92 Å². The Hall–Kier alpha value is -1.38. The van der Waals surface area contributed by atoms with Gasteiger partial charge in [0.1, 0.15) is 0 Å². The Balaban J connectivity index is 1.56. The molecule has 2 N–H and O–H groups in total. The van der Waals surface area contributed by atoms with Crippen molar-refractivity contribution in [2.45, 2.75) is 19.4 Å². The summed E-state index contributed by atoms with van der Waals surface area (Å²) in [5.74, 6) is 0.875. The first-order chi connectivity index (χ1) is 9.43. The molecular formula is C17H22N2. The molecule has 1 atom stereocenters. The number of hydrogen-bond acceptors (Lipinski definition) is 2. The third-order valence-corrected chi connectivity index (χ3v) is 4.09. The number of fused-ring (bicyclic) bond motifs is 1. The highest BCUT2D eigenvalue weighted by Gasteiger charge is 2.13. The minimum Gasteiger partial charge on any atom is -0.316 e. The van der Waals surface area contributed by atoms with Gasteiger partial charge in [0, 0.05) is 6.54 Å². The van der Waals surface area contributed by atoms with E-state index in [0.29, 0.717) is 0 Å². The van der Waals surface area contributed by atoms with Crippen LogP contribution >= 0.6 is 0 Å². The summed E-state index contributed by atoms with van der Waals surface area (Å²) in [4.78, 5) is 0. The van der Waals surface area contributed by atoms with Gasteiger partial charge >= 0.3 is 0 Å². The first-order valence-corrected chi connectivity index (χ1v) is 7.31. The van der Waals surface area contributed by atoms with Gasteiger partial charge in [-0.05, 0) is 54.7 Å². The van der Waals surface area contributed by atoms with Crippen LogP contribution in [-0.2, 0) is 6.54 Å². The second-order valence-electron chi connectivity index (χ2n) is 5.46. The van der Waals surface area contributed by atoms with E-state index < -0.39 is 0 Å². The lowest BCUT2D eigenvalue weighted by atomic mass is 10.0. The first-order valence-electron chi connectivity index (χ1n) is 7.31. The summed E-state index contributed by atoms with van der Waals surface area (Å²) >= 11 is 0. The van der Waals surface area contributed by atoms with Crippen molar-refractivity contribution >= 4 is 10.8 Å². The molecule has 2 nitrogen and oxygen atoms in total. The van der Waals surface area contributed by atoms with Gasteiger partial charge in [-0.25, -0.2) is 0 Å². The Morgan fingerprint density at radius 3 is 2.89 bits per heavy atom. The lowest BCUT2D eigenvalue weighted by Crippen LogP contribution is -2.19. The van der Waals surface area contributed by atoms with Gasteiger partial charge in [-0.15, -0.1) is 0 Å². The van der Waals surface area contributed by atoms with Crippen LogP contribution in [0.15, 0.2) is 42.5 Å². The van der Waals surface area contributed by atoms with Crippen LogP contribution in [0.4, 0.5) is 0 Å². The standard InChI is InChI=1S/C17H22N2/c1-2-7-17-15(4-1)5-3-6-16(17)13-19-11-9-14-8-10-18-12-14/h1-7,14,18-19H,8-13H2. The van der Waals surface area contributed by atoms with Crippen LogP contribution in [0, 0.1) is 5.92 Å². The van der Waals surface area contributed by atoms with Crippen LogP contribution in [0.2, 0.25) is 0 Å². The zero-order valence-corrected chi connectivity index (χ0v) is 11.4. The Kier molecular flexibility index (Phi) is 4.11. The van der Waals surface area contributed by atoms with E-state index in [1.807, 2.05) is 0 Å². The number of nitrogens with one attached hydrogen (secondary N) is 2. The second kappa shape index (κ2) is 6.18. The molecule has 0 aliphatic carbocycles. The lowest BCUT2D eigenvalue weighted by Gasteiger charge is -2.11. The fourth-order valence-corrected chi connectivity index (χ4v) is 2.94. The zero-order chi connectivity index (χ0) is 12.9. The van der Waals surface area contributed by atoms with E-state index in [1.54, 1.807) is 0 Å². The van der Waals surface area contributed by atoms with E-state index in [1.165, 1.54) is 42.3 Å². The molecule has 1 saturated heterocycles. The van der Waals surface area contributed by atoms with Crippen LogP contribution in [0.3, 0.4) is 0 Å². The zero-order valence-electron chi connectivity index (χ0n) is 11.4. The maximum atomic E-state index is 3.59. The summed E-state index contributed by atoms with van der Waals surface area (Å²) in [6.07, 6.45) is 2.63. The first kappa shape index (κ1) is 12.6. The molecule has 0 aromatic heterocycles. The predicted octanol–water partition coefficient (Wildman–Crippen LogP) is 2.93. The lowest BCUT2D eigenvalue weighted by molar-refractivity contribution is 0.500. The van der Waals surface area contributed by atoms with E-state index in [4.69, 9.17) is 0 Å². The minimum absolute atomic E-state index is 0.875. The Labute approximate surface area is 115 Å². The summed E-state index contributed by atoms with van der Waals surface area (Å²) in [6, 6.07) is 15.2. The fourth-order valence-electron chi connectivity index (χ4n) is 2.94. The van der Waals surface area contributed by atoms with Crippen LogP contribution in [0.25, 0.3) is 10.8 Å². The third-order valence-electron chi connectivity index (χ3n) is 4.09. The fraction of sp³-hybridized carbons (Fsp3) is 0.412. The quantitative estimate of drug-likeness (QED) is 0.802. The molecule has 0 radical (unpaired) electrons. The van der Waals surface area contributed by atoms with E-state index in [0.717, 1.165) is 19.0 Å². The Bertz CT molecular complexity index is 524. The smallest absolute Gasteiger partial charge is 0.0211 e. The number of hydrogen-bond donors (Lipinski definition) is 2. The molecular weight excluding hydrogens is 232 g/mol. The van der Waals surface area contributed by atoms with Crippen molar-refractivity contribution in [3.8, 4) is 0 Å². The molecule has 1 aliphatic rings. The highest BCUT2D eigenvalue weighted by molar-refractivity contribution is 5.85. The van der Waals surface area contributed by atoms with E-state index in [2.05, 4.69) is 53.1 Å². The summed E-state index contributed by atoms with van der Waals surface area (Å²) in [6.45, 7) is 4.50. The molecule has 0 amide bonds. The summed E-state index contributed by atoms with van der Waals surface area (Å²) < 4.78 is 0. The van der Waals surface area contributed by atoms with Crippen molar-refractivity contribution in [1.82, 2.24) is 10.6 Å². The molecule has 1 unspecified atom stereocenters. The Morgan fingerprint density at radius 1 is 1.11 bits per heavy atom. The van der Waals surface area contributed by atoms with Gasteiger partial charge in [0.25, 0.3) is 0 Å². The van der Waals surface area contributed by atoms with Gasteiger partial charge in [0.05, 0.1) is 0 Å². The van der Waals surface area contributed by atoms with Gasteiger partial charge in [-0.3, -0.25) is 0 Å². The van der Waals surface area contributed by atoms with Crippen LogP contribution in [0.1, 0.15) is 18.4 Å². The minimum atomic E-state index is 0.875. The molecule has 1 heterocycles. The largest absolute Gasteiger partial charge is 0.316 e. The van der Waals surface area contributed by atoms with Crippen LogP contribution in [-0.4, -0.2) is 19.6 Å². The van der Waals surface area contributed by atoms with E-state index in [9.17, 15) is 0 Å². The van der Waals surface area contributed by atoms with Gasteiger partial charge in [0.2, 0.25) is 0 Å². The molecule has 1 fully saturated rings. The Morgan fingerprint density at radius 2 is 2.00 bits per heavy atom. The molecule has 2 aromatic carbocycles. The molecule has 100 valence electrons. The molecule has 1 aliphatic heterocycles. The molecule has 2 aromatic rings. The van der Waals surface area contributed by atoms with Crippen LogP contribution in [0.5, 0.6) is 0 Å². The van der Waals surface area contributed by atoms with E-state index >= 15 is 0 Å². The molecule has 3 rings (SSSR count). The molecule has 0 saturated carbocycles. The van der Waals surface area contributed by atoms with Crippen molar-refractivity contribution in [3.63, 3.8) is 0 Å². The van der Waals surface area contributed by atoms with E-state index in [-0.39, 0.29) is 0 Å². The van der Waals surface area contributed by atoms with Crippen molar-refractivity contribution in [1.29, 1.82) is 0 Å². The molecule has 0 bridgehead atoms. The van der Waals surface area contributed by atoms with Gasteiger partial charge in [-0.1, -0.05) is 42.5 Å². The normalized spacial score (nSPS) is 19.1. The van der Waals surface area contributed by atoms with Crippen molar-refractivity contribution < 1.29 is 0 Å². The summed E-state index contributed by atoms with van der Waals surface area (Å²) in [5, 5.41) is 9.73. The summed E-state index contributed by atoms with van der Waals surface area (Å²) in [7, 11) is 0. The van der Waals surface area contributed by atoms with Crippen molar-refractivity contribution in [2.75, 3.05) is 19.6 Å². The van der Waals surface area contributed by atoms with Gasteiger partial charge in [-0.2, -0.15) is 0 Å². The highest BCUT2D eigenvalue weighted by atomic mass is 14.9. The highest BCUT2D eigenvalue weighted by Crippen LogP contribution is 2.18.